The van der Waals surface area contributed by atoms with Gasteiger partial charge >= 0.3 is 0 Å². The number of Topliss-reactive ketones (excluding diaryl/α,β-unsaturated/α-hetero) is 2. The van der Waals surface area contributed by atoms with Crippen LogP contribution >= 0.6 is 0 Å². The van der Waals surface area contributed by atoms with Gasteiger partial charge in [0.25, 0.3) is 0 Å². The quantitative estimate of drug-likeness (QED) is 0.191. The van der Waals surface area contributed by atoms with Gasteiger partial charge in [-0.1, -0.05) is 50.2 Å². The first-order valence-corrected chi connectivity index (χ1v) is 13.5. The summed E-state index contributed by atoms with van der Waals surface area (Å²) in [6.07, 6.45) is 1.47. The van der Waals surface area contributed by atoms with Crippen LogP contribution in [0.3, 0.4) is 0 Å². The Morgan fingerprint density at radius 2 is 1.32 bits per heavy atom. The maximum Gasteiger partial charge on any atom is 0.197 e. The summed E-state index contributed by atoms with van der Waals surface area (Å²) in [5.74, 6) is -2.76. The minimum atomic E-state index is -1.15. The number of rotatable bonds is 4. The zero-order valence-electron chi connectivity index (χ0n) is 22.4. The lowest BCUT2D eigenvalue weighted by molar-refractivity contribution is 0.0984. The normalized spacial score (nSPS) is 18.2. The molecule has 3 aliphatic rings. The van der Waals surface area contributed by atoms with Crippen LogP contribution < -0.4 is 4.90 Å². The molecule has 202 valence electrons. The van der Waals surface area contributed by atoms with Crippen LogP contribution in [0.4, 0.5) is 25.8 Å². The molecule has 0 radical (unpaired) electrons. The van der Waals surface area contributed by atoms with Crippen LogP contribution in [0.2, 0.25) is 0 Å². The Morgan fingerprint density at radius 1 is 0.756 bits per heavy atom. The summed E-state index contributed by atoms with van der Waals surface area (Å²) >= 11 is 0. The van der Waals surface area contributed by atoms with Crippen LogP contribution in [0.1, 0.15) is 52.1 Å². The van der Waals surface area contributed by atoms with E-state index in [0.717, 1.165) is 51.7 Å². The van der Waals surface area contributed by atoms with Crippen LogP contribution in [-0.2, 0) is 10.2 Å². The molecule has 41 heavy (non-hydrogen) atoms. The first-order chi connectivity index (χ1) is 19.7. The van der Waals surface area contributed by atoms with Gasteiger partial charge in [0, 0.05) is 45.6 Å². The van der Waals surface area contributed by atoms with Gasteiger partial charge in [0.05, 0.1) is 5.57 Å². The van der Waals surface area contributed by atoms with Gasteiger partial charge < -0.3 is 9.64 Å². The highest BCUT2D eigenvalue weighted by molar-refractivity contribution is 6.39. The molecule has 0 N–H and O–H groups in total. The monoisotopic (exact) mass is 545 g/mol. The molecule has 0 spiro atoms. The number of ketones is 2. The summed E-state index contributed by atoms with van der Waals surface area (Å²) in [4.78, 5) is 28.0. The number of nitrogens with zero attached hydrogens (tertiary/aromatic N) is 1. The number of carbonyl (C=O) groups is 2. The van der Waals surface area contributed by atoms with Crippen LogP contribution in [0.25, 0.3) is 5.76 Å². The Hall–Kier alpha value is -4.84. The zero-order valence-corrected chi connectivity index (χ0v) is 22.4. The molecule has 1 atom stereocenters. The second-order valence-corrected chi connectivity index (χ2v) is 11.1. The van der Waals surface area contributed by atoms with Crippen molar-refractivity contribution >= 4 is 34.4 Å². The van der Waals surface area contributed by atoms with E-state index in [1.165, 1.54) is 6.08 Å². The first kappa shape index (κ1) is 25.1. The van der Waals surface area contributed by atoms with E-state index in [-0.39, 0.29) is 22.1 Å². The Balaban J connectivity index is 1.22. The number of halogens is 2. The molecule has 0 aromatic heterocycles. The molecule has 1 heterocycles. The summed E-state index contributed by atoms with van der Waals surface area (Å²) in [7, 11) is 0. The fraction of sp³-hybridized carbons (Fsp3) is 0.143. The molecular formula is C35H25F2NO3. The SMILES string of the molecule is CC1(C)C2=C(OC(C=C3C(=O)c4cc(F)c(F)cc4C3=O)C2)c2ccc(N(c3ccccc3)c3ccccc3)cc21. The highest BCUT2D eigenvalue weighted by Gasteiger charge is 2.45. The highest BCUT2D eigenvalue weighted by Crippen LogP contribution is 2.54. The maximum atomic E-state index is 13.8. The molecule has 0 saturated heterocycles. The molecular weight excluding hydrogens is 520 g/mol. The summed E-state index contributed by atoms with van der Waals surface area (Å²) < 4.78 is 33.9. The van der Waals surface area contributed by atoms with E-state index < -0.39 is 29.3 Å². The van der Waals surface area contributed by atoms with Gasteiger partial charge in [-0.3, -0.25) is 9.59 Å². The average molecular weight is 546 g/mol. The fourth-order valence-electron chi connectivity index (χ4n) is 6.22. The minimum absolute atomic E-state index is 0.106. The number of hydrogen-bond donors (Lipinski definition) is 0. The number of anilines is 3. The Labute approximate surface area is 236 Å². The van der Waals surface area contributed by atoms with Gasteiger partial charge in [0.2, 0.25) is 0 Å². The van der Waals surface area contributed by atoms with Crippen LogP contribution in [-0.4, -0.2) is 17.7 Å². The van der Waals surface area contributed by atoms with Crippen molar-refractivity contribution in [2.75, 3.05) is 4.90 Å². The lowest BCUT2D eigenvalue weighted by atomic mass is 9.79. The number of para-hydroxylation sites is 2. The molecule has 4 aromatic carbocycles. The molecule has 2 aliphatic carbocycles. The van der Waals surface area contributed by atoms with E-state index in [0.29, 0.717) is 6.42 Å². The van der Waals surface area contributed by atoms with Crippen molar-refractivity contribution in [2.24, 2.45) is 0 Å². The smallest absolute Gasteiger partial charge is 0.197 e. The molecule has 4 nitrogen and oxygen atoms in total. The van der Waals surface area contributed by atoms with Gasteiger partial charge in [0.15, 0.2) is 23.2 Å². The van der Waals surface area contributed by atoms with E-state index in [1.807, 2.05) is 36.4 Å². The van der Waals surface area contributed by atoms with E-state index in [4.69, 9.17) is 4.74 Å². The van der Waals surface area contributed by atoms with E-state index in [2.05, 4.69) is 61.2 Å². The molecule has 1 unspecified atom stereocenters. The van der Waals surface area contributed by atoms with Gasteiger partial charge in [0.1, 0.15) is 11.9 Å². The Kier molecular flexibility index (Phi) is 5.58. The maximum absolute atomic E-state index is 13.8. The van der Waals surface area contributed by atoms with Crippen molar-refractivity contribution in [3.8, 4) is 0 Å². The number of carbonyl (C=O) groups excluding carboxylic acids is 2. The molecule has 4 aromatic rings. The molecule has 0 fully saturated rings. The van der Waals surface area contributed by atoms with Crippen molar-refractivity contribution in [2.45, 2.75) is 31.8 Å². The third-order valence-electron chi connectivity index (χ3n) is 8.30. The third-order valence-corrected chi connectivity index (χ3v) is 8.30. The predicted molar refractivity (Wildman–Crippen MR) is 154 cm³/mol. The van der Waals surface area contributed by atoms with Crippen molar-refractivity contribution in [1.29, 1.82) is 0 Å². The summed E-state index contributed by atoms with van der Waals surface area (Å²) in [5.41, 5.74) is 5.63. The molecule has 0 amide bonds. The van der Waals surface area contributed by atoms with E-state index in [1.54, 1.807) is 0 Å². The topological polar surface area (TPSA) is 46.6 Å². The largest absolute Gasteiger partial charge is 0.485 e. The van der Waals surface area contributed by atoms with Crippen LogP contribution in [0.15, 0.2) is 108 Å². The van der Waals surface area contributed by atoms with Crippen molar-refractivity contribution in [3.05, 3.63) is 142 Å². The molecule has 7 rings (SSSR count). The summed E-state index contributed by atoms with van der Waals surface area (Å²) in [6.45, 7) is 4.30. The van der Waals surface area contributed by atoms with E-state index >= 15 is 0 Å². The number of allylic oxidation sites excluding steroid dienone is 1. The lowest BCUT2D eigenvalue weighted by Crippen LogP contribution is -2.20. The molecule has 0 bridgehead atoms. The molecule has 0 saturated carbocycles. The number of ether oxygens (including phenoxy) is 1. The third kappa shape index (κ3) is 3.85. The second-order valence-electron chi connectivity index (χ2n) is 11.1. The Morgan fingerprint density at radius 3 is 1.88 bits per heavy atom. The summed E-state index contributed by atoms with van der Waals surface area (Å²) in [5, 5.41) is 0. The van der Waals surface area contributed by atoms with Crippen molar-refractivity contribution in [1.82, 2.24) is 0 Å². The number of benzene rings is 4. The summed E-state index contributed by atoms with van der Waals surface area (Å²) in [6, 6.07) is 28.3. The first-order valence-electron chi connectivity index (χ1n) is 13.5. The minimum Gasteiger partial charge on any atom is -0.485 e. The average Bonchev–Trinajstić information content (AvgIpc) is 3.57. The zero-order chi connectivity index (χ0) is 28.5. The standard InChI is InChI=1S/C35H25F2NO3/c1-35(2)28-15-22(38(20-9-5-3-6-10-20)21-11-7-4-8-12-21)13-14-24(28)34-29(35)17-23(41-34)16-27-32(39)25-18-30(36)31(37)19-26(25)33(27)40/h3-16,18-19,23H,17H2,1-2H3. The van der Waals surface area contributed by atoms with Crippen LogP contribution in [0, 0.1) is 11.6 Å². The number of hydrogen-bond acceptors (Lipinski definition) is 4. The van der Waals surface area contributed by atoms with Gasteiger partial charge in [-0.25, -0.2) is 8.78 Å². The lowest BCUT2D eigenvalue weighted by Gasteiger charge is -2.29. The number of fused-ring (bicyclic) bond motifs is 3. The Bertz CT molecular complexity index is 1740. The molecule has 1 aliphatic heterocycles. The van der Waals surface area contributed by atoms with Crippen molar-refractivity contribution < 1.29 is 23.1 Å². The van der Waals surface area contributed by atoms with Gasteiger partial charge in [-0.2, -0.15) is 0 Å². The fourth-order valence-corrected chi connectivity index (χ4v) is 6.22. The highest BCUT2D eigenvalue weighted by atomic mass is 19.2. The van der Waals surface area contributed by atoms with Crippen molar-refractivity contribution in [3.63, 3.8) is 0 Å². The molecule has 6 heteroatoms. The van der Waals surface area contributed by atoms with Crippen LogP contribution in [0.5, 0.6) is 0 Å². The van der Waals surface area contributed by atoms with Gasteiger partial charge in [-0.05, 0) is 71.8 Å². The predicted octanol–water partition coefficient (Wildman–Crippen LogP) is 8.23. The second kappa shape index (κ2) is 9.10. The van der Waals surface area contributed by atoms with E-state index in [9.17, 15) is 18.4 Å². The van der Waals surface area contributed by atoms with Gasteiger partial charge in [-0.15, -0.1) is 0 Å².